The lowest BCUT2D eigenvalue weighted by Crippen LogP contribution is -2.33. The lowest BCUT2D eigenvalue weighted by molar-refractivity contribution is -0.144. The van der Waals surface area contributed by atoms with Gasteiger partial charge in [0, 0.05) is 11.8 Å². The molecular formula is C41H56O7. The maximum absolute atomic E-state index is 12.0. The molecule has 7 heteroatoms. The molecule has 1 saturated carbocycles. The summed E-state index contributed by atoms with van der Waals surface area (Å²) < 4.78 is 17.1. The molecule has 0 amide bonds. The van der Waals surface area contributed by atoms with Gasteiger partial charge < -0.3 is 24.4 Å². The first-order valence-electron chi connectivity index (χ1n) is 18.0. The standard InChI is InChI=1S/C41H56O7/c1-4-5-6-7-31-10-14-34(15-11-31)35-18-20-36(21-19-35)38-22-23-39(46-28-38)37-16-12-32(13-17-37)8-9-33(26-47-40(44)29(2)24-42)27-48-41(45)30(3)25-43/h10-11,14-15,18-21,32-33,37-39,42-43H,2-9,12-13,16-17,22-28H2,1H3. The van der Waals surface area contributed by atoms with Gasteiger partial charge in [0.25, 0.3) is 0 Å². The SMILES string of the molecule is C=C(CO)C(=O)OCC(CCC1CCC(C2CCC(c3ccc(-c4ccc(CCCCC)cc4)cc3)CO2)CC1)COC(=O)C(=C)CO. The van der Waals surface area contributed by atoms with Crippen LogP contribution in [0.15, 0.2) is 72.8 Å². The van der Waals surface area contributed by atoms with E-state index in [-0.39, 0.29) is 30.3 Å². The van der Waals surface area contributed by atoms with Gasteiger partial charge in [-0.15, -0.1) is 0 Å². The molecule has 0 radical (unpaired) electrons. The van der Waals surface area contributed by atoms with Gasteiger partial charge >= 0.3 is 11.9 Å². The van der Waals surface area contributed by atoms with Gasteiger partial charge in [-0.1, -0.05) is 94.3 Å². The molecule has 2 fully saturated rings. The van der Waals surface area contributed by atoms with E-state index in [1.165, 1.54) is 41.5 Å². The number of carbonyl (C=O) groups is 2. The lowest BCUT2D eigenvalue weighted by Gasteiger charge is -2.38. The van der Waals surface area contributed by atoms with Crippen molar-refractivity contribution in [2.45, 2.75) is 96.0 Å². The fourth-order valence-corrected chi connectivity index (χ4v) is 7.05. The number of hydrogen-bond acceptors (Lipinski definition) is 7. The van der Waals surface area contributed by atoms with Gasteiger partial charge in [0.05, 0.1) is 50.3 Å². The molecule has 1 heterocycles. The smallest absolute Gasteiger partial charge is 0.335 e. The summed E-state index contributed by atoms with van der Waals surface area (Å²) in [5, 5.41) is 18.3. The van der Waals surface area contributed by atoms with E-state index in [4.69, 9.17) is 24.4 Å². The largest absolute Gasteiger partial charge is 0.462 e. The van der Waals surface area contributed by atoms with E-state index in [1.807, 2.05) is 0 Å². The Morgan fingerprint density at radius 3 is 1.92 bits per heavy atom. The third-order valence-electron chi connectivity index (χ3n) is 10.3. The molecule has 4 rings (SSSR count). The highest BCUT2D eigenvalue weighted by Gasteiger charge is 2.32. The van der Waals surface area contributed by atoms with Crippen LogP contribution in [0.2, 0.25) is 0 Å². The third-order valence-corrected chi connectivity index (χ3v) is 10.3. The zero-order valence-electron chi connectivity index (χ0n) is 28.9. The predicted octanol–water partition coefficient (Wildman–Crippen LogP) is 7.74. The Morgan fingerprint density at radius 2 is 1.40 bits per heavy atom. The van der Waals surface area contributed by atoms with Gasteiger partial charge in [0.1, 0.15) is 0 Å². The van der Waals surface area contributed by atoms with E-state index in [2.05, 4.69) is 68.6 Å². The first kappa shape index (κ1) is 37.6. The highest BCUT2D eigenvalue weighted by atomic mass is 16.5. The van der Waals surface area contributed by atoms with Crippen LogP contribution in [0.4, 0.5) is 0 Å². The third kappa shape index (κ3) is 11.4. The zero-order valence-corrected chi connectivity index (χ0v) is 28.9. The summed E-state index contributed by atoms with van der Waals surface area (Å²) in [6.45, 7) is 9.24. The molecule has 1 aliphatic heterocycles. The normalized spacial score (nSPS) is 21.1. The summed E-state index contributed by atoms with van der Waals surface area (Å²) >= 11 is 0. The van der Waals surface area contributed by atoms with Crippen molar-refractivity contribution >= 4 is 11.9 Å². The van der Waals surface area contributed by atoms with Gasteiger partial charge in [-0.3, -0.25) is 0 Å². The van der Waals surface area contributed by atoms with Crippen molar-refractivity contribution in [3.63, 3.8) is 0 Å². The molecule has 262 valence electrons. The number of unbranched alkanes of at least 4 members (excludes halogenated alkanes) is 2. The molecule has 2 aromatic rings. The first-order chi connectivity index (χ1) is 23.3. The Labute approximate surface area is 287 Å². The van der Waals surface area contributed by atoms with Crippen LogP contribution in [-0.2, 0) is 30.2 Å². The molecule has 2 aromatic carbocycles. The molecule has 7 nitrogen and oxygen atoms in total. The minimum atomic E-state index is -0.653. The number of aliphatic hydroxyl groups excluding tert-OH is 2. The Kier molecular flexibility index (Phi) is 15.4. The number of esters is 2. The molecule has 48 heavy (non-hydrogen) atoms. The van der Waals surface area contributed by atoms with Crippen LogP contribution in [0.25, 0.3) is 11.1 Å². The van der Waals surface area contributed by atoms with Crippen molar-refractivity contribution in [1.82, 2.24) is 0 Å². The molecule has 1 saturated heterocycles. The van der Waals surface area contributed by atoms with E-state index in [0.29, 0.717) is 23.9 Å². The number of ether oxygens (including phenoxy) is 3. The van der Waals surface area contributed by atoms with Crippen LogP contribution in [0, 0.1) is 17.8 Å². The number of carbonyl (C=O) groups excluding carboxylic acids is 2. The summed E-state index contributed by atoms with van der Waals surface area (Å²) in [6.07, 6.45) is 13.8. The highest BCUT2D eigenvalue weighted by Crippen LogP contribution is 2.39. The number of aryl methyl sites for hydroxylation is 1. The quantitative estimate of drug-likeness (QED) is 0.0958. The molecule has 0 bridgehead atoms. The van der Waals surface area contributed by atoms with Gasteiger partial charge in [-0.25, -0.2) is 9.59 Å². The molecule has 2 atom stereocenters. The summed E-state index contributed by atoms with van der Waals surface area (Å²) in [7, 11) is 0. The van der Waals surface area contributed by atoms with Gasteiger partial charge in [0.2, 0.25) is 0 Å². The lowest BCUT2D eigenvalue weighted by atomic mass is 9.75. The van der Waals surface area contributed by atoms with E-state index in [9.17, 15) is 9.59 Å². The van der Waals surface area contributed by atoms with Crippen LogP contribution in [0.5, 0.6) is 0 Å². The van der Waals surface area contributed by atoms with Crippen molar-refractivity contribution in [3.8, 4) is 11.1 Å². The summed E-state index contributed by atoms with van der Waals surface area (Å²) in [6, 6.07) is 18.1. The number of rotatable bonds is 18. The van der Waals surface area contributed by atoms with E-state index >= 15 is 0 Å². The monoisotopic (exact) mass is 660 g/mol. The van der Waals surface area contributed by atoms with Crippen LogP contribution >= 0.6 is 0 Å². The first-order valence-corrected chi connectivity index (χ1v) is 18.0. The van der Waals surface area contributed by atoms with E-state index < -0.39 is 25.2 Å². The molecular weight excluding hydrogens is 604 g/mol. The van der Waals surface area contributed by atoms with Crippen molar-refractivity contribution in [3.05, 3.63) is 84.0 Å². The Hall–Kier alpha value is -3.26. The number of hydrogen-bond donors (Lipinski definition) is 2. The molecule has 0 spiro atoms. The fourth-order valence-electron chi connectivity index (χ4n) is 7.05. The molecule has 2 unspecified atom stereocenters. The summed E-state index contributed by atoms with van der Waals surface area (Å²) in [4.78, 5) is 24.0. The van der Waals surface area contributed by atoms with Crippen molar-refractivity contribution in [1.29, 1.82) is 0 Å². The Balaban J connectivity index is 1.19. The Morgan fingerprint density at radius 1 is 0.812 bits per heavy atom. The van der Waals surface area contributed by atoms with Crippen molar-refractivity contribution < 1.29 is 34.0 Å². The van der Waals surface area contributed by atoms with Crippen LogP contribution in [0.3, 0.4) is 0 Å². The Bertz CT molecular complexity index is 1270. The van der Waals surface area contributed by atoms with Gasteiger partial charge in [-0.2, -0.15) is 0 Å². The second-order valence-electron chi connectivity index (χ2n) is 13.9. The minimum absolute atomic E-state index is 0.0127. The van der Waals surface area contributed by atoms with Crippen molar-refractivity contribution in [2.75, 3.05) is 33.0 Å². The van der Waals surface area contributed by atoms with Crippen LogP contribution in [-0.4, -0.2) is 61.3 Å². The van der Waals surface area contributed by atoms with E-state index in [1.54, 1.807) is 0 Å². The zero-order chi connectivity index (χ0) is 34.3. The second kappa shape index (κ2) is 19.7. The van der Waals surface area contributed by atoms with Crippen LogP contribution in [0.1, 0.15) is 94.6 Å². The molecule has 2 N–H and O–H groups in total. The predicted molar refractivity (Wildman–Crippen MR) is 189 cm³/mol. The van der Waals surface area contributed by atoms with Gasteiger partial charge in [0.15, 0.2) is 0 Å². The molecule has 2 aliphatic rings. The highest BCUT2D eigenvalue weighted by molar-refractivity contribution is 5.88. The summed E-state index contributed by atoms with van der Waals surface area (Å²) in [5.74, 6) is 0.0845. The topological polar surface area (TPSA) is 102 Å². The second-order valence-corrected chi connectivity index (χ2v) is 13.9. The molecule has 0 aromatic heterocycles. The van der Waals surface area contributed by atoms with Gasteiger partial charge in [-0.05, 0) is 85.5 Å². The average molecular weight is 661 g/mol. The number of benzene rings is 2. The fraction of sp³-hybridized carbons (Fsp3) is 0.561. The maximum atomic E-state index is 12.0. The average Bonchev–Trinajstić information content (AvgIpc) is 3.14. The molecule has 1 aliphatic carbocycles. The summed E-state index contributed by atoms with van der Waals surface area (Å²) in [5.41, 5.74) is 5.29. The van der Waals surface area contributed by atoms with E-state index in [0.717, 1.165) is 64.4 Å². The minimum Gasteiger partial charge on any atom is -0.462 e. The van der Waals surface area contributed by atoms with Crippen LogP contribution < -0.4 is 0 Å². The maximum Gasteiger partial charge on any atom is 0.335 e. The van der Waals surface area contributed by atoms with Crippen molar-refractivity contribution in [2.24, 2.45) is 17.8 Å². The number of aliphatic hydroxyl groups is 2.